The fraction of sp³-hybridized carbons (Fsp3) is 0.160. The van der Waals surface area contributed by atoms with Gasteiger partial charge in [0.25, 0.3) is 0 Å². The molecule has 0 saturated heterocycles. The molecular weight excluding hydrogens is 402 g/mol. The van der Waals surface area contributed by atoms with Gasteiger partial charge in [0.15, 0.2) is 5.82 Å². The largest absolute Gasteiger partial charge is 0.497 e. The lowest BCUT2D eigenvalue weighted by Gasteiger charge is -2.12. The van der Waals surface area contributed by atoms with Crippen molar-refractivity contribution in [2.45, 2.75) is 6.92 Å². The molecule has 4 aromatic rings. The highest BCUT2D eigenvalue weighted by molar-refractivity contribution is 5.91. The molecule has 0 radical (unpaired) electrons. The predicted octanol–water partition coefficient (Wildman–Crippen LogP) is 4.85. The summed E-state index contributed by atoms with van der Waals surface area (Å²) in [5.74, 6) is 2.08. The number of para-hydroxylation sites is 1. The number of anilines is 2. The van der Waals surface area contributed by atoms with Crippen LogP contribution in [0.1, 0.15) is 5.56 Å². The zero-order chi connectivity index (χ0) is 22.3. The standard InChI is InChI=1S/C25H25N5O2/c1-17-10-12-18(13-11-17)23-29-22-9-4-3-8-21(22)24(30-23)26-14-15-27-25(31)28-19-6-5-7-20(16-19)32-2/h3-13,16H,14-15H2,1-2H3,(H,26,29,30)(H2,27,28,31). The van der Waals surface area contributed by atoms with Crippen molar-refractivity contribution in [3.8, 4) is 17.1 Å². The Hall–Kier alpha value is -4.13. The molecule has 0 spiro atoms. The molecule has 0 fully saturated rings. The van der Waals surface area contributed by atoms with E-state index in [-0.39, 0.29) is 6.03 Å². The molecular formula is C25H25N5O2. The molecule has 32 heavy (non-hydrogen) atoms. The summed E-state index contributed by atoms with van der Waals surface area (Å²) in [4.78, 5) is 21.6. The van der Waals surface area contributed by atoms with Gasteiger partial charge in [-0.05, 0) is 31.2 Å². The minimum Gasteiger partial charge on any atom is -0.497 e. The third kappa shape index (κ3) is 5.13. The van der Waals surface area contributed by atoms with Crippen LogP contribution in [0.5, 0.6) is 5.75 Å². The van der Waals surface area contributed by atoms with Crippen molar-refractivity contribution in [3.63, 3.8) is 0 Å². The second kappa shape index (κ2) is 9.78. The van der Waals surface area contributed by atoms with Crippen LogP contribution in [-0.4, -0.2) is 36.2 Å². The van der Waals surface area contributed by atoms with E-state index in [1.165, 1.54) is 5.56 Å². The van der Waals surface area contributed by atoms with Gasteiger partial charge in [0.2, 0.25) is 0 Å². The van der Waals surface area contributed by atoms with Gasteiger partial charge in [-0.25, -0.2) is 14.8 Å². The number of aromatic nitrogens is 2. The summed E-state index contributed by atoms with van der Waals surface area (Å²) in [5.41, 5.74) is 3.68. The first-order valence-corrected chi connectivity index (χ1v) is 10.4. The molecule has 3 aromatic carbocycles. The van der Waals surface area contributed by atoms with E-state index in [2.05, 4.69) is 22.9 Å². The Morgan fingerprint density at radius 1 is 0.938 bits per heavy atom. The minimum atomic E-state index is -0.284. The summed E-state index contributed by atoms with van der Waals surface area (Å²) in [6, 6.07) is 22.9. The monoisotopic (exact) mass is 427 g/mol. The number of ether oxygens (including phenoxy) is 1. The number of rotatable bonds is 7. The maximum Gasteiger partial charge on any atom is 0.319 e. The van der Waals surface area contributed by atoms with Crippen LogP contribution in [-0.2, 0) is 0 Å². The van der Waals surface area contributed by atoms with Gasteiger partial charge in [-0.2, -0.15) is 0 Å². The normalized spacial score (nSPS) is 10.6. The van der Waals surface area contributed by atoms with E-state index in [1.54, 1.807) is 19.2 Å². The molecule has 7 heteroatoms. The van der Waals surface area contributed by atoms with Crippen LogP contribution in [0.2, 0.25) is 0 Å². The number of hydrogen-bond acceptors (Lipinski definition) is 5. The van der Waals surface area contributed by atoms with Gasteiger partial charge < -0.3 is 20.7 Å². The van der Waals surface area contributed by atoms with Gasteiger partial charge in [0.1, 0.15) is 11.6 Å². The highest BCUT2D eigenvalue weighted by Gasteiger charge is 2.09. The Balaban J connectivity index is 1.41. The molecule has 4 rings (SSSR count). The summed E-state index contributed by atoms with van der Waals surface area (Å²) in [6.45, 7) is 2.99. The Morgan fingerprint density at radius 2 is 1.75 bits per heavy atom. The first kappa shape index (κ1) is 21.1. The Labute approximate surface area is 186 Å². The smallest absolute Gasteiger partial charge is 0.319 e. The summed E-state index contributed by atoms with van der Waals surface area (Å²) in [7, 11) is 1.59. The van der Waals surface area contributed by atoms with Crippen molar-refractivity contribution in [2.24, 2.45) is 0 Å². The van der Waals surface area contributed by atoms with E-state index in [4.69, 9.17) is 14.7 Å². The SMILES string of the molecule is COc1cccc(NC(=O)NCCNc2nc(-c3ccc(C)cc3)nc3ccccc23)c1. The van der Waals surface area contributed by atoms with Crippen molar-refractivity contribution in [3.05, 3.63) is 78.4 Å². The molecule has 0 aliphatic rings. The number of carbonyl (C=O) groups excluding carboxylic acids is 1. The Kier molecular flexibility index (Phi) is 6.46. The summed E-state index contributed by atoms with van der Waals surface area (Å²) in [5, 5.41) is 9.91. The van der Waals surface area contributed by atoms with Crippen molar-refractivity contribution < 1.29 is 9.53 Å². The molecule has 0 aliphatic heterocycles. The lowest BCUT2D eigenvalue weighted by molar-refractivity contribution is 0.252. The van der Waals surface area contributed by atoms with E-state index in [0.717, 1.165) is 22.3 Å². The van der Waals surface area contributed by atoms with Crippen molar-refractivity contribution in [2.75, 3.05) is 30.8 Å². The van der Waals surface area contributed by atoms with E-state index < -0.39 is 0 Å². The average molecular weight is 428 g/mol. The Morgan fingerprint density at radius 3 is 2.56 bits per heavy atom. The van der Waals surface area contributed by atoms with Crippen LogP contribution in [0.25, 0.3) is 22.3 Å². The molecule has 1 aromatic heterocycles. The van der Waals surface area contributed by atoms with Crippen molar-refractivity contribution in [1.29, 1.82) is 0 Å². The van der Waals surface area contributed by atoms with Crippen LogP contribution in [0, 0.1) is 6.92 Å². The van der Waals surface area contributed by atoms with Crippen LogP contribution >= 0.6 is 0 Å². The third-order valence-electron chi connectivity index (χ3n) is 4.94. The quantitative estimate of drug-likeness (QED) is 0.367. The number of fused-ring (bicyclic) bond motifs is 1. The van der Waals surface area contributed by atoms with Crippen molar-refractivity contribution >= 4 is 28.4 Å². The fourth-order valence-electron chi connectivity index (χ4n) is 3.28. The van der Waals surface area contributed by atoms with Crippen LogP contribution < -0.4 is 20.7 Å². The highest BCUT2D eigenvalue weighted by atomic mass is 16.5. The Bertz CT molecular complexity index is 1220. The van der Waals surface area contributed by atoms with Crippen molar-refractivity contribution in [1.82, 2.24) is 15.3 Å². The second-order valence-corrected chi connectivity index (χ2v) is 7.32. The number of nitrogens with zero attached hydrogens (tertiary/aromatic N) is 2. The average Bonchev–Trinajstić information content (AvgIpc) is 2.82. The van der Waals surface area contributed by atoms with Gasteiger partial charge in [0.05, 0.1) is 12.6 Å². The number of hydrogen-bond donors (Lipinski definition) is 3. The molecule has 0 atom stereocenters. The summed E-state index contributed by atoms with van der Waals surface area (Å²) >= 11 is 0. The molecule has 0 aliphatic carbocycles. The van der Waals surface area contributed by atoms with Gasteiger partial charge in [0, 0.05) is 35.8 Å². The number of carbonyl (C=O) groups is 1. The van der Waals surface area contributed by atoms with Gasteiger partial charge in [-0.1, -0.05) is 48.0 Å². The predicted molar refractivity (Wildman–Crippen MR) is 128 cm³/mol. The minimum absolute atomic E-state index is 0.284. The number of benzene rings is 3. The summed E-state index contributed by atoms with van der Waals surface area (Å²) < 4.78 is 5.17. The zero-order valence-electron chi connectivity index (χ0n) is 18.1. The lowest BCUT2D eigenvalue weighted by atomic mass is 10.1. The van der Waals surface area contributed by atoms with E-state index >= 15 is 0 Å². The van der Waals surface area contributed by atoms with Gasteiger partial charge in [-0.15, -0.1) is 0 Å². The fourth-order valence-corrected chi connectivity index (χ4v) is 3.28. The number of aryl methyl sites for hydroxylation is 1. The third-order valence-corrected chi connectivity index (χ3v) is 4.94. The molecule has 7 nitrogen and oxygen atoms in total. The molecule has 0 bridgehead atoms. The van der Waals surface area contributed by atoms with Crippen LogP contribution in [0.4, 0.5) is 16.3 Å². The van der Waals surface area contributed by atoms with E-state index in [9.17, 15) is 4.79 Å². The van der Waals surface area contributed by atoms with Gasteiger partial charge >= 0.3 is 6.03 Å². The van der Waals surface area contributed by atoms with Crippen LogP contribution in [0.3, 0.4) is 0 Å². The van der Waals surface area contributed by atoms with Gasteiger partial charge in [-0.3, -0.25) is 0 Å². The molecule has 162 valence electrons. The summed E-state index contributed by atoms with van der Waals surface area (Å²) in [6.07, 6.45) is 0. The molecule has 0 unspecified atom stereocenters. The molecule has 1 heterocycles. The zero-order valence-corrected chi connectivity index (χ0v) is 18.1. The first-order chi connectivity index (χ1) is 15.6. The number of nitrogens with one attached hydrogen (secondary N) is 3. The van der Waals surface area contributed by atoms with E-state index in [0.29, 0.717) is 30.4 Å². The maximum atomic E-state index is 12.2. The number of urea groups is 1. The second-order valence-electron chi connectivity index (χ2n) is 7.32. The molecule has 3 N–H and O–H groups in total. The highest BCUT2D eigenvalue weighted by Crippen LogP contribution is 2.25. The molecule has 0 saturated carbocycles. The van der Waals surface area contributed by atoms with Crippen LogP contribution in [0.15, 0.2) is 72.8 Å². The number of amides is 2. The maximum absolute atomic E-state index is 12.2. The topological polar surface area (TPSA) is 88.2 Å². The molecule has 2 amide bonds. The number of methoxy groups -OCH3 is 1. The lowest BCUT2D eigenvalue weighted by Crippen LogP contribution is -2.32. The first-order valence-electron chi connectivity index (χ1n) is 10.4. The van der Waals surface area contributed by atoms with E-state index in [1.807, 2.05) is 60.7 Å².